The molecule has 1 aliphatic rings. The number of likely N-dealkylation sites (N-methyl/N-ethyl adjacent to an activating group) is 1. The maximum Gasteiger partial charge on any atom is 0.282 e. The molecular formula is C21H24N3O3+. The molecule has 0 saturated heterocycles. The zero-order valence-electron chi connectivity index (χ0n) is 15.4. The molecule has 1 heterocycles. The van der Waals surface area contributed by atoms with Crippen LogP contribution in [-0.2, 0) is 16.1 Å². The maximum atomic E-state index is 12.8. The minimum atomic E-state index is -0.171. The van der Waals surface area contributed by atoms with Gasteiger partial charge in [-0.2, -0.15) is 0 Å². The summed E-state index contributed by atoms with van der Waals surface area (Å²) in [6, 6.07) is 15.2. The van der Waals surface area contributed by atoms with Crippen LogP contribution in [0.5, 0.6) is 5.75 Å². The van der Waals surface area contributed by atoms with Gasteiger partial charge in [-0.25, -0.2) is 0 Å². The minimum absolute atomic E-state index is 0.0540. The van der Waals surface area contributed by atoms with Crippen molar-refractivity contribution in [1.82, 2.24) is 0 Å². The number of hydrogen-bond donors (Lipinski definition) is 2. The van der Waals surface area contributed by atoms with Gasteiger partial charge >= 0.3 is 0 Å². The van der Waals surface area contributed by atoms with Crippen molar-refractivity contribution in [2.75, 3.05) is 37.0 Å². The maximum absolute atomic E-state index is 12.8. The second kappa shape index (κ2) is 8.51. The predicted molar refractivity (Wildman–Crippen MR) is 105 cm³/mol. The summed E-state index contributed by atoms with van der Waals surface area (Å²) in [4.78, 5) is 27.3. The van der Waals surface area contributed by atoms with Crippen molar-refractivity contribution < 1.29 is 19.2 Å². The zero-order valence-corrected chi connectivity index (χ0v) is 15.4. The van der Waals surface area contributed by atoms with Crippen LogP contribution in [0.4, 0.5) is 11.4 Å². The van der Waals surface area contributed by atoms with Gasteiger partial charge in [0.15, 0.2) is 6.54 Å². The van der Waals surface area contributed by atoms with Gasteiger partial charge < -0.3 is 15.0 Å². The van der Waals surface area contributed by atoms with Crippen LogP contribution in [0.3, 0.4) is 0 Å². The first-order chi connectivity index (χ1) is 13.1. The number of carbonyl (C=O) groups is 2. The normalized spacial score (nSPS) is 14.1. The summed E-state index contributed by atoms with van der Waals surface area (Å²) in [6.45, 7) is 5.16. The summed E-state index contributed by atoms with van der Waals surface area (Å²) < 4.78 is 5.48. The highest BCUT2D eigenvalue weighted by molar-refractivity contribution is 6.10. The predicted octanol–water partition coefficient (Wildman–Crippen LogP) is 1.25. The minimum Gasteiger partial charge on any atom is -0.490 e. The first-order valence-corrected chi connectivity index (χ1v) is 8.90. The molecule has 0 saturated carbocycles. The number of rotatable bonds is 7. The molecule has 2 aromatic carbocycles. The lowest BCUT2D eigenvalue weighted by Gasteiger charge is -2.29. The fourth-order valence-corrected chi connectivity index (χ4v) is 3.08. The van der Waals surface area contributed by atoms with Crippen LogP contribution in [0.15, 0.2) is 61.2 Å². The molecule has 27 heavy (non-hydrogen) atoms. The summed E-state index contributed by atoms with van der Waals surface area (Å²) in [5.74, 6) is 0.555. The monoisotopic (exact) mass is 366 g/mol. The van der Waals surface area contributed by atoms with E-state index in [-0.39, 0.29) is 18.4 Å². The number of carbonyl (C=O) groups excluding carboxylic acids is 2. The Hall–Kier alpha value is -3.12. The first-order valence-electron chi connectivity index (χ1n) is 8.90. The van der Waals surface area contributed by atoms with Crippen LogP contribution in [0.2, 0.25) is 0 Å². The second-order valence-electron chi connectivity index (χ2n) is 6.60. The van der Waals surface area contributed by atoms with Crippen LogP contribution in [-0.4, -0.2) is 38.6 Å². The quantitative estimate of drug-likeness (QED) is 0.725. The Kier molecular flexibility index (Phi) is 5.88. The number of hydrogen-bond acceptors (Lipinski definition) is 3. The van der Waals surface area contributed by atoms with Gasteiger partial charge in [-0.3, -0.25) is 14.5 Å². The molecule has 0 fully saturated rings. The molecule has 140 valence electrons. The molecule has 1 unspecified atom stereocenters. The molecule has 2 amide bonds. The van der Waals surface area contributed by atoms with E-state index in [0.717, 1.165) is 21.9 Å². The third-order valence-corrected chi connectivity index (χ3v) is 4.32. The summed E-state index contributed by atoms with van der Waals surface area (Å²) in [5.41, 5.74) is 2.54. The van der Waals surface area contributed by atoms with Crippen molar-refractivity contribution >= 4 is 23.2 Å². The number of amides is 2. The lowest BCUT2D eigenvalue weighted by atomic mass is 10.2. The number of nitrogens with zero attached hydrogens (tertiary/aromatic N) is 1. The Balaban J connectivity index is 1.61. The molecule has 0 spiro atoms. The fourth-order valence-electron chi connectivity index (χ4n) is 3.08. The molecular weight excluding hydrogens is 342 g/mol. The van der Waals surface area contributed by atoms with Crippen molar-refractivity contribution in [3.8, 4) is 5.75 Å². The van der Waals surface area contributed by atoms with Crippen LogP contribution < -0.4 is 19.9 Å². The van der Waals surface area contributed by atoms with Crippen LogP contribution in [0.1, 0.15) is 5.56 Å². The molecule has 2 aromatic rings. The summed E-state index contributed by atoms with van der Waals surface area (Å²) in [7, 11) is 1.97. The third kappa shape index (κ3) is 4.74. The van der Waals surface area contributed by atoms with Crippen LogP contribution in [0, 0.1) is 0 Å². The largest absolute Gasteiger partial charge is 0.490 e. The Morgan fingerprint density at radius 1 is 1.26 bits per heavy atom. The number of quaternary nitrogens is 1. The Morgan fingerprint density at radius 3 is 2.74 bits per heavy atom. The molecule has 0 aromatic heterocycles. The van der Waals surface area contributed by atoms with Gasteiger partial charge in [-0.1, -0.05) is 24.8 Å². The number of fused-ring (bicyclic) bond motifs is 1. The van der Waals surface area contributed by atoms with Crippen molar-refractivity contribution in [1.29, 1.82) is 0 Å². The number of nitrogens with one attached hydrogen (secondary N) is 2. The highest BCUT2D eigenvalue weighted by atomic mass is 16.5. The number of anilines is 2. The lowest BCUT2D eigenvalue weighted by molar-refractivity contribution is -0.885. The summed E-state index contributed by atoms with van der Waals surface area (Å²) in [5, 5.41) is 2.80. The van der Waals surface area contributed by atoms with Gasteiger partial charge in [0.1, 0.15) is 25.4 Å². The van der Waals surface area contributed by atoms with Gasteiger partial charge in [0.05, 0.1) is 18.4 Å². The van der Waals surface area contributed by atoms with Crippen molar-refractivity contribution in [2.24, 2.45) is 0 Å². The van der Waals surface area contributed by atoms with E-state index in [1.54, 1.807) is 17.0 Å². The summed E-state index contributed by atoms with van der Waals surface area (Å²) >= 11 is 0. The van der Waals surface area contributed by atoms with E-state index in [2.05, 4.69) is 11.9 Å². The second-order valence-corrected chi connectivity index (χ2v) is 6.60. The van der Waals surface area contributed by atoms with E-state index in [1.807, 2.05) is 49.5 Å². The Bertz CT molecular complexity index is 833. The average molecular weight is 366 g/mol. The van der Waals surface area contributed by atoms with Crippen molar-refractivity contribution in [3.05, 3.63) is 66.7 Å². The van der Waals surface area contributed by atoms with Crippen molar-refractivity contribution in [3.63, 3.8) is 0 Å². The van der Waals surface area contributed by atoms with E-state index in [0.29, 0.717) is 25.4 Å². The Morgan fingerprint density at radius 2 is 2.00 bits per heavy atom. The van der Waals surface area contributed by atoms with Gasteiger partial charge in [-0.05, 0) is 36.4 Å². The van der Waals surface area contributed by atoms with E-state index in [4.69, 9.17) is 4.74 Å². The molecule has 6 nitrogen and oxygen atoms in total. The topological polar surface area (TPSA) is 63.1 Å². The number of para-hydroxylation sites is 2. The van der Waals surface area contributed by atoms with E-state index < -0.39 is 0 Å². The number of ether oxygens (including phenoxy) is 1. The fraction of sp³-hybridized carbons (Fsp3) is 0.238. The molecule has 0 aliphatic carbocycles. The highest BCUT2D eigenvalue weighted by Gasteiger charge is 2.28. The third-order valence-electron chi connectivity index (χ3n) is 4.32. The Labute approximate surface area is 159 Å². The zero-order chi connectivity index (χ0) is 19.2. The molecule has 6 heteroatoms. The van der Waals surface area contributed by atoms with E-state index in [1.165, 1.54) is 0 Å². The molecule has 0 radical (unpaired) electrons. The lowest BCUT2D eigenvalue weighted by Crippen LogP contribution is -3.09. The van der Waals surface area contributed by atoms with E-state index >= 15 is 0 Å². The molecule has 1 aliphatic heterocycles. The molecule has 3 rings (SSSR count). The standard InChI is InChI=1S/C21H23N3O3/c1-3-12-27-17-10-8-16(9-11-17)13-23(2)15-21(26)24-14-20(25)22-18-6-4-5-7-19(18)24/h3-11H,1,12-15H2,2H3,(H,22,25)/p+1. The smallest absolute Gasteiger partial charge is 0.282 e. The van der Waals surface area contributed by atoms with Gasteiger partial charge in [0, 0.05) is 5.56 Å². The summed E-state index contributed by atoms with van der Waals surface area (Å²) in [6.07, 6.45) is 1.70. The molecule has 2 N–H and O–H groups in total. The molecule has 0 bridgehead atoms. The van der Waals surface area contributed by atoms with Crippen molar-refractivity contribution in [2.45, 2.75) is 6.54 Å². The van der Waals surface area contributed by atoms with Crippen LogP contribution in [0.25, 0.3) is 0 Å². The van der Waals surface area contributed by atoms with Gasteiger partial charge in [0.25, 0.3) is 5.91 Å². The molecule has 1 atom stereocenters. The number of benzene rings is 2. The van der Waals surface area contributed by atoms with Crippen LogP contribution >= 0.6 is 0 Å². The first kappa shape index (κ1) is 18.7. The average Bonchev–Trinajstić information content (AvgIpc) is 2.66. The van der Waals surface area contributed by atoms with E-state index in [9.17, 15) is 9.59 Å². The highest BCUT2D eigenvalue weighted by Crippen LogP contribution is 2.28. The SMILES string of the molecule is C=CCOc1ccc(C[NH+](C)CC(=O)N2CC(=O)Nc3ccccc32)cc1. The van der Waals surface area contributed by atoms with Gasteiger partial charge in [-0.15, -0.1) is 0 Å². The van der Waals surface area contributed by atoms with Gasteiger partial charge in [0.2, 0.25) is 5.91 Å².